The summed E-state index contributed by atoms with van der Waals surface area (Å²) in [7, 11) is -3.87. The highest BCUT2D eigenvalue weighted by molar-refractivity contribution is 7.91. The summed E-state index contributed by atoms with van der Waals surface area (Å²) in [5, 5.41) is 11.1. The van der Waals surface area contributed by atoms with E-state index in [9.17, 15) is 22.8 Å². The first-order valence-electron chi connectivity index (χ1n) is 11.2. The first kappa shape index (κ1) is 25.3. The Kier molecular flexibility index (Phi) is 7.32. The van der Waals surface area contributed by atoms with Crippen molar-refractivity contribution >= 4 is 27.2 Å². The average Bonchev–Trinajstić information content (AvgIpc) is 2.86. The van der Waals surface area contributed by atoms with Crippen LogP contribution < -0.4 is 4.74 Å². The van der Waals surface area contributed by atoms with Crippen LogP contribution in [0.3, 0.4) is 0 Å². The van der Waals surface area contributed by atoms with Crippen LogP contribution in [-0.4, -0.2) is 35.8 Å². The van der Waals surface area contributed by atoms with E-state index in [1.165, 1.54) is 36.4 Å². The summed E-state index contributed by atoms with van der Waals surface area (Å²) in [5.41, 5.74) is 3.47. The van der Waals surface area contributed by atoms with E-state index < -0.39 is 21.6 Å². The van der Waals surface area contributed by atoms with Gasteiger partial charge in [0.1, 0.15) is 18.2 Å². The number of hydroxylamine groups is 2. The lowest BCUT2D eigenvalue weighted by molar-refractivity contribution is -0.158. The third-order valence-corrected chi connectivity index (χ3v) is 7.66. The Hall–Kier alpha value is -3.82. The topological polar surface area (TPSA) is 96.8 Å². The third-order valence-electron chi connectivity index (χ3n) is 5.91. The number of nitrogens with zero attached hydrogens (tertiary/aromatic N) is 2. The second-order valence-electron chi connectivity index (χ2n) is 8.48. The van der Waals surface area contributed by atoms with Crippen molar-refractivity contribution in [3.8, 4) is 5.75 Å². The second-order valence-corrected chi connectivity index (χ2v) is 10.5. The van der Waals surface area contributed by atoms with Gasteiger partial charge in [-0.3, -0.25) is 15.0 Å². The Bertz CT molecular complexity index is 1510. The molecule has 1 aromatic heterocycles. The summed E-state index contributed by atoms with van der Waals surface area (Å²) in [5.74, 6) is -0.440. The number of carbonyl (C=O) groups excluding carboxylic acids is 1. The van der Waals surface area contributed by atoms with E-state index >= 15 is 0 Å². The van der Waals surface area contributed by atoms with Crippen LogP contribution in [0.4, 0.5) is 4.39 Å². The van der Waals surface area contributed by atoms with Gasteiger partial charge in [0.25, 0.3) is 0 Å². The summed E-state index contributed by atoms with van der Waals surface area (Å²) >= 11 is 0. The number of amides is 1. The maximum absolute atomic E-state index is 13.8. The number of halogens is 1. The summed E-state index contributed by atoms with van der Waals surface area (Å²) in [6, 6.07) is 18.0. The lowest BCUT2D eigenvalue weighted by Gasteiger charge is -2.24. The molecule has 9 heteroatoms. The monoisotopic (exact) mass is 508 g/mol. The number of fused-ring (bicyclic) bond motifs is 1. The molecule has 0 saturated carbocycles. The minimum absolute atomic E-state index is 0.0278. The van der Waals surface area contributed by atoms with Crippen LogP contribution in [0, 0.1) is 19.7 Å². The van der Waals surface area contributed by atoms with E-state index in [0.29, 0.717) is 27.3 Å². The zero-order valence-corrected chi connectivity index (χ0v) is 20.6. The average molecular weight is 509 g/mol. The largest absolute Gasteiger partial charge is 0.489 e. The van der Waals surface area contributed by atoms with Crippen LogP contribution in [-0.2, 0) is 21.2 Å². The molecule has 0 radical (unpaired) electrons. The Morgan fingerprint density at radius 1 is 1.06 bits per heavy atom. The maximum Gasteiger partial charge on any atom is 0.233 e. The van der Waals surface area contributed by atoms with E-state index in [2.05, 4.69) is 4.98 Å². The molecule has 1 unspecified atom stereocenters. The smallest absolute Gasteiger partial charge is 0.233 e. The molecule has 0 saturated heterocycles. The number of benzene rings is 3. The molecule has 0 spiro atoms. The second kappa shape index (κ2) is 10.4. The summed E-state index contributed by atoms with van der Waals surface area (Å²) in [6.45, 7) is 3.76. The highest BCUT2D eigenvalue weighted by Gasteiger charge is 2.28. The number of aryl methyl sites for hydroxylation is 2. The molecule has 1 N–H and O–H groups in total. The van der Waals surface area contributed by atoms with Gasteiger partial charge in [0.05, 0.1) is 22.2 Å². The SMILES string of the molecule is Cc1cc(COc2ccc(S(=O)(=O)CC(c3ccccc3C)N(O)C=O)cc2)c2cc(F)ccc2n1. The van der Waals surface area contributed by atoms with E-state index in [-0.39, 0.29) is 23.7 Å². The molecule has 0 fully saturated rings. The zero-order valence-electron chi connectivity index (χ0n) is 19.8. The van der Waals surface area contributed by atoms with Crippen LogP contribution in [0.25, 0.3) is 10.9 Å². The number of sulfone groups is 1. The molecular formula is C27H25FN2O5S. The lowest BCUT2D eigenvalue weighted by atomic mass is 10.0. The summed E-state index contributed by atoms with van der Waals surface area (Å²) in [6.07, 6.45) is 0.194. The van der Waals surface area contributed by atoms with Gasteiger partial charge in [-0.1, -0.05) is 24.3 Å². The van der Waals surface area contributed by atoms with Gasteiger partial charge in [0.15, 0.2) is 9.84 Å². The van der Waals surface area contributed by atoms with Crippen molar-refractivity contribution < 1.29 is 27.5 Å². The normalized spacial score (nSPS) is 12.3. The Labute approximate surface area is 208 Å². The number of hydrogen-bond acceptors (Lipinski definition) is 6. The van der Waals surface area contributed by atoms with E-state index in [0.717, 1.165) is 16.8 Å². The van der Waals surface area contributed by atoms with Crippen LogP contribution in [0.5, 0.6) is 5.75 Å². The van der Waals surface area contributed by atoms with E-state index in [4.69, 9.17) is 4.74 Å². The fourth-order valence-corrected chi connectivity index (χ4v) is 5.58. The van der Waals surface area contributed by atoms with E-state index in [1.54, 1.807) is 37.3 Å². The van der Waals surface area contributed by atoms with Crippen LogP contribution in [0.1, 0.15) is 28.4 Å². The molecule has 3 aromatic carbocycles. The van der Waals surface area contributed by atoms with Gasteiger partial charge in [-0.05, 0) is 73.5 Å². The number of ether oxygens (including phenoxy) is 1. The third kappa shape index (κ3) is 5.53. The molecule has 4 aromatic rings. The van der Waals surface area contributed by atoms with Gasteiger partial charge < -0.3 is 4.74 Å². The van der Waals surface area contributed by atoms with Crippen LogP contribution in [0.2, 0.25) is 0 Å². The molecule has 1 amide bonds. The summed E-state index contributed by atoms with van der Waals surface area (Å²) in [4.78, 5) is 15.7. The molecule has 7 nitrogen and oxygen atoms in total. The first-order valence-corrected chi connectivity index (χ1v) is 12.8. The van der Waals surface area contributed by atoms with Gasteiger partial charge >= 0.3 is 0 Å². The fraction of sp³-hybridized carbons (Fsp3) is 0.185. The van der Waals surface area contributed by atoms with E-state index in [1.807, 2.05) is 13.0 Å². The van der Waals surface area contributed by atoms with Crippen molar-refractivity contribution in [2.24, 2.45) is 0 Å². The molecule has 0 aliphatic carbocycles. The predicted molar refractivity (Wildman–Crippen MR) is 133 cm³/mol. The maximum atomic E-state index is 13.8. The molecule has 0 bridgehead atoms. The van der Waals surface area contributed by atoms with Crippen molar-refractivity contribution in [1.82, 2.24) is 10.0 Å². The van der Waals surface area contributed by atoms with Crippen LogP contribution >= 0.6 is 0 Å². The summed E-state index contributed by atoms with van der Waals surface area (Å²) < 4.78 is 45.8. The van der Waals surface area contributed by atoms with Crippen molar-refractivity contribution in [1.29, 1.82) is 0 Å². The number of carbonyl (C=O) groups is 1. The number of pyridine rings is 1. The molecule has 0 aliphatic heterocycles. The molecule has 36 heavy (non-hydrogen) atoms. The molecule has 4 rings (SSSR count). The van der Waals surface area contributed by atoms with Crippen molar-refractivity contribution in [2.45, 2.75) is 31.4 Å². The van der Waals surface area contributed by atoms with Gasteiger partial charge in [0.2, 0.25) is 6.41 Å². The molecule has 1 heterocycles. The van der Waals surface area contributed by atoms with Gasteiger partial charge in [-0.15, -0.1) is 0 Å². The number of aromatic nitrogens is 1. The zero-order chi connectivity index (χ0) is 25.9. The lowest BCUT2D eigenvalue weighted by Crippen LogP contribution is -2.30. The first-order chi connectivity index (χ1) is 17.2. The standard InChI is InChI=1S/C27H25FN2O5S/c1-18-5-3-4-6-24(18)27(30(32)17-31)16-36(33,34)23-10-8-22(9-11-23)35-15-20-13-19(2)29-26-12-7-21(28)14-25(20)26/h3-14,17,27,32H,15-16H2,1-2H3. The molecular weight excluding hydrogens is 483 g/mol. The molecule has 0 aliphatic rings. The fourth-order valence-electron chi connectivity index (χ4n) is 4.09. The van der Waals surface area contributed by atoms with Crippen molar-refractivity contribution in [2.75, 3.05) is 5.75 Å². The van der Waals surface area contributed by atoms with Crippen LogP contribution in [0.15, 0.2) is 77.7 Å². The van der Waals surface area contributed by atoms with Gasteiger partial charge in [0, 0.05) is 16.6 Å². The molecule has 186 valence electrons. The predicted octanol–water partition coefficient (Wildman–Crippen LogP) is 4.93. The number of rotatable bonds is 9. The Morgan fingerprint density at radius 2 is 1.78 bits per heavy atom. The minimum atomic E-state index is -3.87. The molecule has 1 atom stereocenters. The highest BCUT2D eigenvalue weighted by atomic mass is 32.2. The quantitative estimate of drug-likeness (QED) is 0.196. The van der Waals surface area contributed by atoms with Crippen molar-refractivity contribution in [3.63, 3.8) is 0 Å². The van der Waals surface area contributed by atoms with Crippen molar-refractivity contribution in [3.05, 3.63) is 101 Å². The Morgan fingerprint density at radius 3 is 2.47 bits per heavy atom. The minimum Gasteiger partial charge on any atom is -0.489 e. The van der Waals surface area contributed by atoms with Gasteiger partial charge in [-0.2, -0.15) is 0 Å². The Balaban J connectivity index is 1.53. The highest BCUT2D eigenvalue weighted by Crippen LogP contribution is 2.28. The number of hydrogen-bond donors (Lipinski definition) is 1. The van der Waals surface area contributed by atoms with Gasteiger partial charge in [-0.25, -0.2) is 17.9 Å².